The van der Waals surface area contributed by atoms with Gasteiger partial charge in [0, 0.05) is 23.7 Å². The molecule has 3 rings (SSSR count). The average Bonchev–Trinajstić information content (AvgIpc) is 2.96. The highest BCUT2D eigenvalue weighted by Gasteiger charge is 2.39. The molecule has 1 aliphatic rings. The molecule has 0 bridgehead atoms. The molecule has 0 radical (unpaired) electrons. The smallest absolute Gasteiger partial charge is 0.164 e. The fourth-order valence-electron chi connectivity index (χ4n) is 3.31. The number of aromatic nitrogens is 4. The van der Waals surface area contributed by atoms with Crippen LogP contribution in [0.5, 0.6) is 0 Å². The fourth-order valence-corrected chi connectivity index (χ4v) is 3.31. The zero-order chi connectivity index (χ0) is 13.5. The predicted molar refractivity (Wildman–Crippen MR) is 74.3 cm³/mol. The first-order chi connectivity index (χ1) is 9.16. The second kappa shape index (κ2) is 4.56. The van der Waals surface area contributed by atoms with E-state index in [0.717, 1.165) is 55.3 Å². The van der Waals surface area contributed by atoms with E-state index in [2.05, 4.69) is 31.8 Å². The highest BCUT2D eigenvalue weighted by Crippen LogP contribution is 2.34. The molecule has 1 fully saturated rings. The van der Waals surface area contributed by atoms with Crippen LogP contribution >= 0.6 is 0 Å². The Balaban J connectivity index is 2.19. The van der Waals surface area contributed by atoms with Gasteiger partial charge in [-0.3, -0.25) is 4.40 Å². The lowest BCUT2D eigenvalue weighted by Gasteiger charge is -2.26. The van der Waals surface area contributed by atoms with Crippen LogP contribution in [0.3, 0.4) is 0 Å². The molecule has 0 amide bonds. The van der Waals surface area contributed by atoms with Gasteiger partial charge in [-0.05, 0) is 33.2 Å². The molecule has 5 heteroatoms. The lowest BCUT2D eigenvalue weighted by Crippen LogP contribution is -2.31. The van der Waals surface area contributed by atoms with E-state index in [1.807, 2.05) is 19.9 Å². The molecule has 0 aromatic carbocycles. The number of fused-ring (bicyclic) bond motifs is 1. The van der Waals surface area contributed by atoms with Gasteiger partial charge in [0.1, 0.15) is 11.6 Å². The van der Waals surface area contributed by atoms with E-state index in [9.17, 15) is 0 Å². The van der Waals surface area contributed by atoms with Gasteiger partial charge in [0.05, 0.1) is 0 Å². The molecule has 102 valence electrons. The summed E-state index contributed by atoms with van der Waals surface area (Å²) in [4.78, 5) is 4.56. The predicted octanol–water partition coefficient (Wildman–Crippen LogP) is 1.77. The Hall–Kier alpha value is -1.49. The Morgan fingerprint density at radius 1 is 1.37 bits per heavy atom. The van der Waals surface area contributed by atoms with Crippen molar-refractivity contribution in [2.45, 2.75) is 45.4 Å². The van der Waals surface area contributed by atoms with Crippen molar-refractivity contribution in [1.82, 2.24) is 24.9 Å². The van der Waals surface area contributed by atoms with E-state index in [0.29, 0.717) is 0 Å². The van der Waals surface area contributed by atoms with Crippen molar-refractivity contribution in [1.29, 1.82) is 0 Å². The normalized spacial score (nSPS) is 23.3. The zero-order valence-electron chi connectivity index (χ0n) is 11.9. The first-order valence-electron chi connectivity index (χ1n) is 7.07. The lowest BCUT2D eigenvalue weighted by molar-refractivity contribution is 0.397. The van der Waals surface area contributed by atoms with Crippen molar-refractivity contribution in [3.05, 3.63) is 23.4 Å². The molecule has 1 aliphatic heterocycles. The monoisotopic (exact) mass is 259 g/mol. The molecule has 1 saturated heterocycles. The average molecular weight is 259 g/mol. The van der Waals surface area contributed by atoms with Crippen molar-refractivity contribution in [2.24, 2.45) is 0 Å². The Bertz CT molecular complexity index is 595. The standard InChI is InChI=1S/C14H21N5/c1-4-5-14(6-7-15-9-14)13-18-17-12-8-10(2)16-11(3)19(12)13/h8,15H,4-7,9H2,1-3H3. The van der Waals surface area contributed by atoms with Crippen LogP contribution in [0.1, 0.15) is 43.5 Å². The molecule has 0 saturated carbocycles. The van der Waals surface area contributed by atoms with Crippen molar-refractivity contribution < 1.29 is 0 Å². The lowest BCUT2D eigenvalue weighted by atomic mass is 9.81. The van der Waals surface area contributed by atoms with Crippen molar-refractivity contribution in [3.8, 4) is 0 Å². The summed E-state index contributed by atoms with van der Waals surface area (Å²) in [6.45, 7) is 8.33. The molecule has 2 aromatic heterocycles. The van der Waals surface area contributed by atoms with Crippen LogP contribution in [0.4, 0.5) is 0 Å². The minimum Gasteiger partial charge on any atom is -0.316 e. The number of hydrogen-bond donors (Lipinski definition) is 1. The number of rotatable bonds is 3. The van der Waals surface area contributed by atoms with Gasteiger partial charge in [-0.2, -0.15) is 0 Å². The molecule has 1 atom stereocenters. The van der Waals surface area contributed by atoms with Crippen LogP contribution in [0.25, 0.3) is 5.65 Å². The summed E-state index contributed by atoms with van der Waals surface area (Å²) in [5, 5.41) is 12.3. The van der Waals surface area contributed by atoms with E-state index in [1.54, 1.807) is 0 Å². The van der Waals surface area contributed by atoms with Crippen LogP contribution in [0, 0.1) is 13.8 Å². The van der Waals surface area contributed by atoms with Crippen LogP contribution in [-0.2, 0) is 5.41 Å². The first-order valence-corrected chi connectivity index (χ1v) is 7.07. The molecule has 1 N–H and O–H groups in total. The summed E-state index contributed by atoms with van der Waals surface area (Å²) < 4.78 is 2.13. The Kier molecular flexibility index (Phi) is 3.01. The maximum atomic E-state index is 4.56. The second-order valence-electron chi connectivity index (χ2n) is 5.62. The van der Waals surface area contributed by atoms with Crippen LogP contribution in [0.2, 0.25) is 0 Å². The van der Waals surface area contributed by atoms with Crippen molar-refractivity contribution in [3.63, 3.8) is 0 Å². The van der Waals surface area contributed by atoms with Crippen molar-refractivity contribution >= 4 is 5.65 Å². The Morgan fingerprint density at radius 3 is 2.89 bits per heavy atom. The van der Waals surface area contributed by atoms with E-state index in [1.165, 1.54) is 0 Å². The topological polar surface area (TPSA) is 55.1 Å². The SMILES string of the molecule is CCCC1(c2nnc3cc(C)nc(C)n23)CCNC1. The summed E-state index contributed by atoms with van der Waals surface area (Å²) in [6.07, 6.45) is 3.44. The van der Waals surface area contributed by atoms with Gasteiger partial charge < -0.3 is 5.32 Å². The summed E-state index contributed by atoms with van der Waals surface area (Å²) in [7, 11) is 0. The van der Waals surface area contributed by atoms with E-state index in [4.69, 9.17) is 0 Å². The van der Waals surface area contributed by atoms with Crippen LogP contribution in [-0.4, -0.2) is 32.7 Å². The van der Waals surface area contributed by atoms with Crippen LogP contribution in [0.15, 0.2) is 6.07 Å². The fraction of sp³-hybridized carbons (Fsp3) is 0.643. The van der Waals surface area contributed by atoms with Gasteiger partial charge in [0.15, 0.2) is 5.65 Å². The highest BCUT2D eigenvalue weighted by atomic mass is 15.3. The first kappa shape index (κ1) is 12.5. The Labute approximate surface area is 113 Å². The largest absolute Gasteiger partial charge is 0.316 e. The molecule has 3 heterocycles. The molecule has 19 heavy (non-hydrogen) atoms. The van der Waals surface area contributed by atoms with Gasteiger partial charge >= 0.3 is 0 Å². The molecular weight excluding hydrogens is 238 g/mol. The van der Waals surface area contributed by atoms with Gasteiger partial charge in [-0.1, -0.05) is 13.3 Å². The van der Waals surface area contributed by atoms with Gasteiger partial charge in [0.25, 0.3) is 0 Å². The number of hydrogen-bond acceptors (Lipinski definition) is 4. The number of nitrogens with one attached hydrogen (secondary N) is 1. The highest BCUT2D eigenvalue weighted by molar-refractivity contribution is 5.41. The molecule has 0 aliphatic carbocycles. The summed E-state index contributed by atoms with van der Waals surface area (Å²) in [6, 6.07) is 2.01. The Morgan fingerprint density at radius 2 is 2.21 bits per heavy atom. The van der Waals surface area contributed by atoms with Gasteiger partial charge in [0.2, 0.25) is 0 Å². The number of nitrogens with zero attached hydrogens (tertiary/aromatic N) is 4. The minimum atomic E-state index is 0.121. The second-order valence-corrected chi connectivity index (χ2v) is 5.62. The zero-order valence-corrected chi connectivity index (χ0v) is 11.9. The van der Waals surface area contributed by atoms with Crippen molar-refractivity contribution in [2.75, 3.05) is 13.1 Å². The maximum Gasteiger partial charge on any atom is 0.164 e. The quantitative estimate of drug-likeness (QED) is 0.912. The van der Waals surface area contributed by atoms with E-state index < -0.39 is 0 Å². The van der Waals surface area contributed by atoms with Crippen LogP contribution < -0.4 is 5.32 Å². The minimum absolute atomic E-state index is 0.121. The summed E-state index contributed by atoms with van der Waals surface area (Å²) in [5.74, 6) is 2.07. The van der Waals surface area contributed by atoms with Gasteiger partial charge in [-0.25, -0.2) is 4.98 Å². The third kappa shape index (κ3) is 1.92. The molecule has 0 spiro atoms. The van der Waals surface area contributed by atoms with Gasteiger partial charge in [-0.15, -0.1) is 10.2 Å². The van der Waals surface area contributed by atoms with E-state index >= 15 is 0 Å². The third-order valence-corrected chi connectivity index (χ3v) is 4.13. The summed E-state index contributed by atoms with van der Waals surface area (Å²) in [5.41, 5.74) is 2.04. The summed E-state index contributed by atoms with van der Waals surface area (Å²) >= 11 is 0. The molecule has 1 unspecified atom stereocenters. The van der Waals surface area contributed by atoms with E-state index in [-0.39, 0.29) is 5.41 Å². The molecular formula is C14H21N5. The molecule has 2 aromatic rings. The molecule has 5 nitrogen and oxygen atoms in total. The third-order valence-electron chi connectivity index (χ3n) is 4.13. The number of aryl methyl sites for hydroxylation is 2. The maximum absolute atomic E-state index is 4.56.